The van der Waals surface area contributed by atoms with E-state index >= 15 is 0 Å². The molecule has 0 heterocycles. The Hall–Kier alpha value is -0.340. The molecular formula is C7H14O2. The molecular weight excluding hydrogens is 116 g/mol. The minimum Gasteiger partial charge on any atom is -0.368 e. The van der Waals surface area contributed by atoms with Crippen molar-refractivity contribution < 1.29 is 9.84 Å². The Kier molecular flexibility index (Phi) is 5.57. The summed E-state index contributed by atoms with van der Waals surface area (Å²) in [6, 6.07) is 0. The number of aliphatic hydroxyl groups is 1. The SMILES string of the molecule is C=CCOC(O)CCC. The summed E-state index contributed by atoms with van der Waals surface area (Å²) in [5.74, 6) is 0. The predicted octanol–water partition coefficient (Wildman–Crippen LogP) is 1.31. The summed E-state index contributed by atoms with van der Waals surface area (Å²) >= 11 is 0. The molecule has 1 unspecified atom stereocenters. The van der Waals surface area contributed by atoms with Crippen molar-refractivity contribution in [1.29, 1.82) is 0 Å². The van der Waals surface area contributed by atoms with Crippen LogP contribution in [0.2, 0.25) is 0 Å². The molecule has 2 nitrogen and oxygen atoms in total. The zero-order valence-electron chi connectivity index (χ0n) is 5.84. The normalized spacial score (nSPS) is 13.1. The van der Waals surface area contributed by atoms with E-state index in [4.69, 9.17) is 9.84 Å². The van der Waals surface area contributed by atoms with Gasteiger partial charge in [0.1, 0.15) is 0 Å². The van der Waals surface area contributed by atoms with E-state index in [9.17, 15) is 0 Å². The predicted molar refractivity (Wildman–Crippen MR) is 37.1 cm³/mol. The van der Waals surface area contributed by atoms with E-state index in [0.29, 0.717) is 13.0 Å². The Morgan fingerprint density at radius 1 is 1.78 bits per heavy atom. The average molecular weight is 130 g/mol. The molecule has 0 spiro atoms. The van der Waals surface area contributed by atoms with Crippen molar-refractivity contribution in [1.82, 2.24) is 0 Å². The van der Waals surface area contributed by atoms with Gasteiger partial charge in [0.15, 0.2) is 6.29 Å². The van der Waals surface area contributed by atoms with Crippen molar-refractivity contribution >= 4 is 0 Å². The van der Waals surface area contributed by atoms with Crippen LogP contribution in [0.1, 0.15) is 19.8 Å². The first-order valence-corrected chi connectivity index (χ1v) is 3.21. The Bertz CT molecular complexity index is 71.3. The first-order valence-electron chi connectivity index (χ1n) is 3.21. The van der Waals surface area contributed by atoms with Gasteiger partial charge in [-0.2, -0.15) is 0 Å². The lowest BCUT2D eigenvalue weighted by Gasteiger charge is -2.07. The molecule has 2 heteroatoms. The molecule has 0 aliphatic rings. The van der Waals surface area contributed by atoms with Crippen LogP contribution >= 0.6 is 0 Å². The highest BCUT2D eigenvalue weighted by molar-refractivity contribution is 4.64. The largest absolute Gasteiger partial charge is 0.368 e. The molecule has 0 aromatic rings. The van der Waals surface area contributed by atoms with Crippen LogP contribution in [0.25, 0.3) is 0 Å². The van der Waals surface area contributed by atoms with E-state index in [2.05, 4.69) is 6.58 Å². The Labute approximate surface area is 56.1 Å². The van der Waals surface area contributed by atoms with Gasteiger partial charge >= 0.3 is 0 Å². The lowest BCUT2D eigenvalue weighted by molar-refractivity contribution is -0.0928. The third-order valence-corrected chi connectivity index (χ3v) is 0.942. The molecule has 1 N–H and O–H groups in total. The van der Waals surface area contributed by atoms with E-state index in [1.54, 1.807) is 6.08 Å². The Morgan fingerprint density at radius 2 is 2.44 bits per heavy atom. The zero-order chi connectivity index (χ0) is 7.11. The number of hydrogen-bond acceptors (Lipinski definition) is 2. The number of rotatable bonds is 5. The molecule has 0 aromatic carbocycles. The number of hydrogen-bond donors (Lipinski definition) is 1. The topological polar surface area (TPSA) is 29.5 Å². The average Bonchev–Trinajstić information content (AvgIpc) is 1.85. The molecule has 0 aromatic heterocycles. The molecule has 0 amide bonds. The quantitative estimate of drug-likeness (QED) is 0.449. The number of aliphatic hydroxyl groups excluding tert-OH is 1. The van der Waals surface area contributed by atoms with Crippen LogP contribution < -0.4 is 0 Å². The van der Waals surface area contributed by atoms with Gasteiger partial charge in [0, 0.05) is 0 Å². The molecule has 0 aliphatic heterocycles. The van der Waals surface area contributed by atoms with Gasteiger partial charge in [0.05, 0.1) is 6.61 Å². The van der Waals surface area contributed by atoms with Crippen LogP contribution in [0.5, 0.6) is 0 Å². The van der Waals surface area contributed by atoms with E-state index in [-0.39, 0.29) is 0 Å². The second-order valence-electron chi connectivity index (χ2n) is 1.87. The van der Waals surface area contributed by atoms with Crippen molar-refractivity contribution in [3.05, 3.63) is 12.7 Å². The fourth-order valence-corrected chi connectivity index (χ4v) is 0.509. The lowest BCUT2D eigenvalue weighted by atomic mass is 10.3. The maximum absolute atomic E-state index is 8.91. The Balaban J connectivity index is 3.04. The fourth-order valence-electron chi connectivity index (χ4n) is 0.509. The minimum atomic E-state index is -0.604. The first-order chi connectivity index (χ1) is 4.31. The van der Waals surface area contributed by atoms with E-state index in [1.165, 1.54) is 0 Å². The van der Waals surface area contributed by atoms with Gasteiger partial charge in [-0.05, 0) is 6.42 Å². The number of ether oxygens (including phenoxy) is 1. The van der Waals surface area contributed by atoms with Crippen LogP contribution in [-0.4, -0.2) is 18.0 Å². The summed E-state index contributed by atoms with van der Waals surface area (Å²) in [7, 11) is 0. The van der Waals surface area contributed by atoms with Gasteiger partial charge in [-0.15, -0.1) is 6.58 Å². The van der Waals surface area contributed by atoms with Gasteiger partial charge in [0.2, 0.25) is 0 Å². The lowest BCUT2D eigenvalue weighted by Crippen LogP contribution is -2.10. The van der Waals surface area contributed by atoms with Crippen molar-refractivity contribution in [2.75, 3.05) is 6.61 Å². The van der Waals surface area contributed by atoms with E-state index < -0.39 is 6.29 Å². The summed E-state index contributed by atoms with van der Waals surface area (Å²) < 4.78 is 4.87. The molecule has 0 saturated carbocycles. The standard InChI is InChI=1S/C7H14O2/c1-3-5-7(8)9-6-4-2/h4,7-8H,2-3,5-6H2,1H3. The summed E-state index contributed by atoms with van der Waals surface area (Å²) in [5.41, 5.74) is 0. The molecule has 0 aliphatic carbocycles. The molecule has 9 heavy (non-hydrogen) atoms. The molecule has 0 bridgehead atoms. The van der Waals surface area contributed by atoms with Crippen molar-refractivity contribution in [3.8, 4) is 0 Å². The highest BCUT2D eigenvalue weighted by atomic mass is 16.6. The molecule has 0 saturated heterocycles. The highest BCUT2D eigenvalue weighted by Gasteiger charge is 1.98. The smallest absolute Gasteiger partial charge is 0.154 e. The second-order valence-corrected chi connectivity index (χ2v) is 1.87. The summed E-state index contributed by atoms with van der Waals surface area (Å²) in [6.45, 7) is 5.89. The summed E-state index contributed by atoms with van der Waals surface area (Å²) in [6.07, 6.45) is 2.67. The summed E-state index contributed by atoms with van der Waals surface area (Å²) in [4.78, 5) is 0. The zero-order valence-corrected chi connectivity index (χ0v) is 5.84. The maximum atomic E-state index is 8.91. The first kappa shape index (κ1) is 8.66. The minimum absolute atomic E-state index is 0.432. The third-order valence-electron chi connectivity index (χ3n) is 0.942. The Morgan fingerprint density at radius 3 is 2.89 bits per heavy atom. The molecule has 1 atom stereocenters. The van der Waals surface area contributed by atoms with Crippen molar-refractivity contribution in [2.24, 2.45) is 0 Å². The van der Waals surface area contributed by atoms with Gasteiger partial charge < -0.3 is 9.84 Å². The third kappa shape index (κ3) is 5.53. The van der Waals surface area contributed by atoms with Crippen LogP contribution in [-0.2, 0) is 4.74 Å². The highest BCUT2D eigenvalue weighted by Crippen LogP contribution is 1.96. The molecule has 54 valence electrons. The summed E-state index contributed by atoms with van der Waals surface area (Å²) in [5, 5.41) is 8.91. The van der Waals surface area contributed by atoms with Crippen LogP contribution in [0.3, 0.4) is 0 Å². The maximum Gasteiger partial charge on any atom is 0.154 e. The molecule has 0 rings (SSSR count). The van der Waals surface area contributed by atoms with Gasteiger partial charge in [-0.1, -0.05) is 19.4 Å². The van der Waals surface area contributed by atoms with Crippen molar-refractivity contribution in [3.63, 3.8) is 0 Å². The van der Waals surface area contributed by atoms with Crippen molar-refractivity contribution in [2.45, 2.75) is 26.1 Å². The van der Waals surface area contributed by atoms with E-state index in [0.717, 1.165) is 6.42 Å². The molecule has 0 fully saturated rings. The second kappa shape index (κ2) is 5.79. The van der Waals surface area contributed by atoms with E-state index in [1.807, 2.05) is 6.92 Å². The van der Waals surface area contributed by atoms with Gasteiger partial charge in [0.25, 0.3) is 0 Å². The fraction of sp³-hybridized carbons (Fsp3) is 0.714. The monoisotopic (exact) mass is 130 g/mol. The van der Waals surface area contributed by atoms with Crippen LogP contribution in [0.4, 0.5) is 0 Å². The van der Waals surface area contributed by atoms with Crippen LogP contribution in [0, 0.1) is 0 Å². The van der Waals surface area contributed by atoms with Gasteiger partial charge in [-0.3, -0.25) is 0 Å². The van der Waals surface area contributed by atoms with Gasteiger partial charge in [-0.25, -0.2) is 0 Å². The molecule has 0 radical (unpaired) electrons. The van der Waals surface area contributed by atoms with Crippen LogP contribution in [0.15, 0.2) is 12.7 Å².